The predicted octanol–water partition coefficient (Wildman–Crippen LogP) is 5.92. The van der Waals surface area contributed by atoms with Crippen molar-refractivity contribution in [1.82, 2.24) is 10.3 Å². The third-order valence-electron chi connectivity index (χ3n) is 7.32. The molecule has 3 atom stereocenters. The predicted molar refractivity (Wildman–Crippen MR) is 164 cm³/mol. The number of para-hydroxylation sites is 1. The number of benzene rings is 3. The van der Waals surface area contributed by atoms with Crippen molar-refractivity contribution in [1.29, 1.82) is 0 Å². The molecule has 45 heavy (non-hydrogen) atoms. The summed E-state index contributed by atoms with van der Waals surface area (Å²) in [4.78, 5) is 51.1. The van der Waals surface area contributed by atoms with Gasteiger partial charge in [-0.15, -0.1) is 0 Å². The molecule has 3 aromatic carbocycles. The summed E-state index contributed by atoms with van der Waals surface area (Å²) in [6, 6.07) is 26.8. The fraction of sp³-hybridized carbons (Fsp3) is 0.182. The summed E-state index contributed by atoms with van der Waals surface area (Å²) in [5.41, 5.74) is 7.86. The molecule has 3 amide bonds. The molecule has 4 aromatic rings. The molecule has 5 rings (SSSR count). The molecule has 0 radical (unpaired) electrons. The van der Waals surface area contributed by atoms with Crippen molar-refractivity contribution in [2.45, 2.75) is 31.1 Å². The van der Waals surface area contributed by atoms with E-state index in [0.29, 0.717) is 27.5 Å². The number of carbonyl (C=O) groups excluding carboxylic acids is 3. The molecular formula is C33H27ClF3N5O3. The highest BCUT2D eigenvalue weighted by Crippen LogP contribution is 2.35. The minimum atomic E-state index is -4.62. The maximum absolute atomic E-state index is 14.3. The first-order valence-electron chi connectivity index (χ1n) is 13.9. The molecule has 0 fully saturated rings. The molecule has 1 aliphatic rings. The number of primary amides is 1. The van der Waals surface area contributed by atoms with Gasteiger partial charge in [-0.2, -0.15) is 13.2 Å². The summed E-state index contributed by atoms with van der Waals surface area (Å²) in [5, 5.41) is 2.87. The molecule has 0 bridgehead atoms. The molecule has 0 spiro atoms. The quantitative estimate of drug-likeness (QED) is 0.238. The highest BCUT2D eigenvalue weighted by atomic mass is 35.5. The van der Waals surface area contributed by atoms with Gasteiger partial charge in [0, 0.05) is 23.7 Å². The number of benzodiazepines with no additional fused rings is 1. The van der Waals surface area contributed by atoms with E-state index in [-0.39, 0.29) is 11.4 Å². The molecule has 0 saturated heterocycles. The molecule has 3 N–H and O–H groups in total. The van der Waals surface area contributed by atoms with Crippen LogP contribution in [0, 0.1) is 5.92 Å². The lowest BCUT2D eigenvalue weighted by atomic mass is 9.81. The maximum atomic E-state index is 14.3. The lowest BCUT2D eigenvalue weighted by Gasteiger charge is -2.28. The van der Waals surface area contributed by atoms with Gasteiger partial charge in [-0.3, -0.25) is 19.3 Å². The lowest BCUT2D eigenvalue weighted by molar-refractivity contribution is -0.144. The van der Waals surface area contributed by atoms with Crippen LogP contribution in [0.1, 0.15) is 35.4 Å². The zero-order chi connectivity index (χ0) is 32.1. The number of hydrogen-bond donors (Lipinski definition) is 2. The van der Waals surface area contributed by atoms with Gasteiger partial charge in [0.1, 0.15) is 5.82 Å². The number of amides is 3. The molecule has 2 heterocycles. The van der Waals surface area contributed by atoms with Crippen LogP contribution in [-0.4, -0.2) is 40.8 Å². The van der Waals surface area contributed by atoms with Crippen LogP contribution < -0.4 is 16.0 Å². The number of halogens is 4. The summed E-state index contributed by atoms with van der Waals surface area (Å²) in [5.74, 6) is -5.50. The summed E-state index contributed by atoms with van der Waals surface area (Å²) < 4.78 is 40.3. The number of carbonyl (C=O) groups is 3. The van der Waals surface area contributed by atoms with E-state index in [4.69, 9.17) is 17.3 Å². The standard InChI is InChI=1S/C33H27ClF3N5O3/c34-22-15-16-26(39-19-22)42-25-14-8-7-13-23(25)28(21-11-5-2-6-12-21)40-30(32(42)45)41-31(44)24(17-18-33(35,36)37)27(29(38)43)20-9-3-1-4-10-20/h1-16,19,24,27,30H,17-18H2,(H2,38,43)(H,41,44)/t24?,27?,30-/m1/s1. The van der Waals surface area contributed by atoms with Crippen molar-refractivity contribution in [2.75, 3.05) is 4.90 Å². The van der Waals surface area contributed by atoms with Crippen LogP contribution in [0.5, 0.6) is 0 Å². The maximum Gasteiger partial charge on any atom is 0.389 e. The highest BCUT2D eigenvalue weighted by Gasteiger charge is 2.41. The SMILES string of the molecule is NC(=O)C(c1ccccc1)C(CCC(F)(F)F)C(=O)N[C@H]1N=C(c2ccccc2)c2ccccc2N(c2ccc(Cl)cn2)C1=O. The molecule has 1 aliphatic heterocycles. The van der Waals surface area contributed by atoms with Crippen molar-refractivity contribution in [2.24, 2.45) is 16.6 Å². The first kappa shape index (κ1) is 31.4. The second-order valence-corrected chi connectivity index (χ2v) is 10.8. The minimum absolute atomic E-state index is 0.175. The Morgan fingerprint density at radius 1 is 0.933 bits per heavy atom. The van der Waals surface area contributed by atoms with Crippen LogP contribution in [0.4, 0.5) is 24.7 Å². The molecular weight excluding hydrogens is 607 g/mol. The number of hydrogen-bond acceptors (Lipinski definition) is 5. The number of aliphatic imine (C=N–C) groups is 1. The van der Waals surface area contributed by atoms with Crippen LogP contribution in [0.25, 0.3) is 0 Å². The average Bonchev–Trinajstić information content (AvgIpc) is 3.14. The normalized spacial score (nSPS) is 16.2. The zero-order valence-electron chi connectivity index (χ0n) is 23.6. The Morgan fingerprint density at radius 3 is 2.20 bits per heavy atom. The number of nitrogens with one attached hydrogen (secondary N) is 1. The van der Waals surface area contributed by atoms with E-state index in [1.165, 1.54) is 29.3 Å². The second-order valence-electron chi connectivity index (χ2n) is 10.3. The minimum Gasteiger partial charge on any atom is -0.369 e. The lowest BCUT2D eigenvalue weighted by Crippen LogP contribution is -2.49. The molecule has 0 saturated carbocycles. The number of alkyl halides is 3. The van der Waals surface area contributed by atoms with E-state index < -0.39 is 54.7 Å². The topological polar surface area (TPSA) is 118 Å². The number of rotatable bonds is 9. The third kappa shape index (κ3) is 7.21. The van der Waals surface area contributed by atoms with E-state index in [1.54, 1.807) is 78.9 Å². The van der Waals surface area contributed by atoms with E-state index in [1.807, 2.05) is 0 Å². The van der Waals surface area contributed by atoms with Gasteiger partial charge >= 0.3 is 6.18 Å². The van der Waals surface area contributed by atoms with E-state index in [9.17, 15) is 27.6 Å². The van der Waals surface area contributed by atoms with E-state index in [0.717, 1.165) is 0 Å². The first-order chi connectivity index (χ1) is 21.5. The molecule has 2 unspecified atom stereocenters. The van der Waals surface area contributed by atoms with Gasteiger partial charge in [0.25, 0.3) is 5.91 Å². The summed E-state index contributed by atoms with van der Waals surface area (Å²) in [6.07, 6.45) is -6.99. The van der Waals surface area contributed by atoms with Gasteiger partial charge in [-0.05, 0) is 30.2 Å². The second kappa shape index (κ2) is 13.3. The van der Waals surface area contributed by atoms with Gasteiger partial charge < -0.3 is 11.1 Å². The Balaban J connectivity index is 1.62. The molecule has 0 aliphatic carbocycles. The molecule has 230 valence electrons. The molecule has 1 aromatic heterocycles. The van der Waals surface area contributed by atoms with Crippen LogP contribution >= 0.6 is 11.6 Å². The van der Waals surface area contributed by atoms with Crippen molar-refractivity contribution in [3.63, 3.8) is 0 Å². The van der Waals surface area contributed by atoms with Crippen LogP contribution in [0.2, 0.25) is 5.02 Å². The number of nitrogens with two attached hydrogens (primary N) is 1. The number of anilines is 2. The van der Waals surface area contributed by atoms with Gasteiger partial charge in [0.15, 0.2) is 0 Å². The highest BCUT2D eigenvalue weighted by molar-refractivity contribution is 6.30. The van der Waals surface area contributed by atoms with Gasteiger partial charge in [-0.25, -0.2) is 9.98 Å². The van der Waals surface area contributed by atoms with Gasteiger partial charge in [0.2, 0.25) is 18.0 Å². The van der Waals surface area contributed by atoms with E-state index >= 15 is 0 Å². The third-order valence-corrected chi connectivity index (χ3v) is 7.55. The average molecular weight is 634 g/mol. The number of nitrogens with zero attached hydrogens (tertiary/aromatic N) is 3. The van der Waals surface area contributed by atoms with E-state index in [2.05, 4.69) is 15.3 Å². The Morgan fingerprint density at radius 2 is 1.58 bits per heavy atom. The number of pyridine rings is 1. The Kier molecular flexibility index (Phi) is 9.29. The fourth-order valence-electron chi connectivity index (χ4n) is 5.29. The summed E-state index contributed by atoms with van der Waals surface area (Å²) in [7, 11) is 0. The van der Waals surface area contributed by atoms with Crippen molar-refractivity contribution in [3.05, 3.63) is 125 Å². The summed E-state index contributed by atoms with van der Waals surface area (Å²) >= 11 is 6.06. The van der Waals surface area contributed by atoms with Crippen molar-refractivity contribution in [3.8, 4) is 0 Å². The van der Waals surface area contributed by atoms with Gasteiger partial charge in [-0.1, -0.05) is 90.5 Å². The Bertz CT molecular complexity index is 1720. The molecule has 8 nitrogen and oxygen atoms in total. The zero-order valence-corrected chi connectivity index (χ0v) is 24.4. The smallest absolute Gasteiger partial charge is 0.369 e. The van der Waals surface area contributed by atoms with Crippen molar-refractivity contribution >= 4 is 46.5 Å². The van der Waals surface area contributed by atoms with Crippen LogP contribution in [-0.2, 0) is 14.4 Å². The number of aromatic nitrogens is 1. The fourth-order valence-corrected chi connectivity index (χ4v) is 5.40. The Labute approximate surface area is 261 Å². The van der Waals surface area contributed by atoms with Crippen LogP contribution in [0.15, 0.2) is 108 Å². The number of fused-ring (bicyclic) bond motifs is 1. The largest absolute Gasteiger partial charge is 0.389 e. The summed E-state index contributed by atoms with van der Waals surface area (Å²) in [6.45, 7) is 0. The van der Waals surface area contributed by atoms with Crippen LogP contribution in [0.3, 0.4) is 0 Å². The van der Waals surface area contributed by atoms with Crippen molar-refractivity contribution < 1.29 is 27.6 Å². The monoisotopic (exact) mass is 633 g/mol. The first-order valence-corrected chi connectivity index (χ1v) is 14.3. The van der Waals surface area contributed by atoms with Gasteiger partial charge in [0.05, 0.1) is 28.3 Å². The Hall–Kier alpha value is -5.03. The molecule has 12 heteroatoms.